The molecular weight excluding hydrogens is 350 g/mol. The Morgan fingerprint density at radius 2 is 1.92 bits per heavy atom. The fourth-order valence-electron chi connectivity index (χ4n) is 2.79. The Kier molecular flexibility index (Phi) is 5.70. The number of sulfonamides is 1. The van der Waals surface area contributed by atoms with Crippen LogP contribution in [0.25, 0.3) is 11.3 Å². The maximum Gasteiger partial charge on any atom is 0.243 e. The molecule has 1 saturated heterocycles. The SMILES string of the molecule is Cc1nc(-c2ccc(S(=O)(=O)N3CCNC(C)C3C)cc2)co1.Cl. The molecule has 2 atom stereocenters. The Bertz CT molecular complexity index is 789. The monoisotopic (exact) mass is 371 g/mol. The van der Waals surface area contributed by atoms with Crippen molar-refractivity contribution in [2.45, 2.75) is 37.8 Å². The lowest BCUT2D eigenvalue weighted by molar-refractivity contribution is 0.233. The summed E-state index contributed by atoms with van der Waals surface area (Å²) in [4.78, 5) is 4.56. The number of benzene rings is 1. The van der Waals surface area contributed by atoms with Crippen LogP contribution in [-0.2, 0) is 10.0 Å². The summed E-state index contributed by atoms with van der Waals surface area (Å²) in [6.07, 6.45) is 1.57. The van der Waals surface area contributed by atoms with Crippen molar-refractivity contribution in [3.8, 4) is 11.3 Å². The molecule has 1 fully saturated rings. The normalized spacial score (nSPS) is 22.1. The Morgan fingerprint density at radius 1 is 1.25 bits per heavy atom. The zero-order valence-electron chi connectivity index (χ0n) is 13.9. The van der Waals surface area contributed by atoms with Crippen LogP contribution in [0.15, 0.2) is 39.8 Å². The van der Waals surface area contributed by atoms with E-state index in [9.17, 15) is 8.42 Å². The average Bonchev–Trinajstić information content (AvgIpc) is 2.96. The minimum atomic E-state index is -3.49. The van der Waals surface area contributed by atoms with Crippen molar-refractivity contribution in [3.63, 3.8) is 0 Å². The molecule has 24 heavy (non-hydrogen) atoms. The molecule has 6 nitrogen and oxygen atoms in total. The average molecular weight is 372 g/mol. The molecule has 0 spiro atoms. The fraction of sp³-hybridized carbons (Fsp3) is 0.438. The van der Waals surface area contributed by atoms with Gasteiger partial charge in [-0.3, -0.25) is 0 Å². The first-order valence-electron chi connectivity index (χ1n) is 7.67. The Labute approximate surface area is 148 Å². The second kappa shape index (κ2) is 7.23. The van der Waals surface area contributed by atoms with Gasteiger partial charge in [0, 0.05) is 37.7 Å². The lowest BCUT2D eigenvalue weighted by Crippen LogP contribution is -2.57. The highest BCUT2D eigenvalue weighted by Gasteiger charge is 2.34. The Hall–Kier alpha value is -1.41. The van der Waals surface area contributed by atoms with E-state index in [2.05, 4.69) is 10.3 Å². The smallest absolute Gasteiger partial charge is 0.243 e. The molecule has 2 unspecified atom stereocenters. The molecule has 1 N–H and O–H groups in total. The number of nitrogens with one attached hydrogen (secondary N) is 1. The molecule has 1 aliphatic heterocycles. The van der Waals surface area contributed by atoms with Crippen molar-refractivity contribution in [2.24, 2.45) is 0 Å². The predicted octanol–water partition coefficient (Wildman–Crippen LogP) is 2.44. The molecule has 8 heteroatoms. The summed E-state index contributed by atoms with van der Waals surface area (Å²) in [6.45, 7) is 6.86. The van der Waals surface area contributed by atoms with Crippen LogP contribution in [0.1, 0.15) is 19.7 Å². The first-order valence-corrected chi connectivity index (χ1v) is 9.11. The highest BCUT2D eigenvalue weighted by atomic mass is 35.5. The largest absolute Gasteiger partial charge is 0.449 e. The second-order valence-electron chi connectivity index (χ2n) is 5.88. The van der Waals surface area contributed by atoms with E-state index in [1.807, 2.05) is 13.8 Å². The van der Waals surface area contributed by atoms with Gasteiger partial charge in [0.1, 0.15) is 12.0 Å². The molecule has 0 amide bonds. The minimum absolute atomic E-state index is 0. The van der Waals surface area contributed by atoms with Gasteiger partial charge in [-0.15, -0.1) is 12.4 Å². The Morgan fingerprint density at radius 3 is 2.50 bits per heavy atom. The number of nitrogens with zero attached hydrogens (tertiary/aromatic N) is 2. The van der Waals surface area contributed by atoms with E-state index in [0.717, 1.165) is 5.56 Å². The van der Waals surface area contributed by atoms with E-state index in [0.29, 0.717) is 29.6 Å². The summed E-state index contributed by atoms with van der Waals surface area (Å²) in [5.74, 6) is 0.584. The van der Waals surface area contributed by atoms with Crippen molar-refractivity contribution < 1.29 is 12.8 Å². The molecule has 0 aliphatic carbocycles. The van der Waals surface area contributed by atoms with Crippen molar-refractivity contribution in [1.29, 1.82) is 0 Å². The number of halogens is 1. The number of hydrogen-bond donors (Lipinski definition) is 1. The summed E-state index contributed by atoms with van der Waals surface area (Å²) in [5, 5.41) is 3.29. The van der Waals surface area contributed by atoms with Gasteiger partial charge in [-0.2, -0.15) is 4.31 Å². The van der Waals surface area contributed by atoms with E-state index in [-0.39, 0.29) is 24.5 Å². The molecule has 1 aliphatic rings. The van der Waals surface area contributed by atoms with Gasteiger partial charge in [0.2, 0.25) is 10.0 Å². The summed E-state index contributed by atoms with van der Waals surface area (Å²) in [6, 6.07) is 6.85. The van der Waals surface area contributed by atoms with Gasteiger partial charge in [0.25, 0.3) is 0 Å². The number of oxazole rings is 1. The lowest BCUT2D eigenvalue weighted by atomic mass is 10.1. The number of piperazine rings is 1. The van der Waals surface area contributed by atoms with E-state index < -0.39 is 10.0 Å². The maximum absolute atomic E-state index is 12.9. The van der Waals surface area contributed by atoms with E-state index in [4.69, 9.17) is 4.42 Å². The van der Waals surface area contributed by atoms with Gasteiger partial charge in [-0.05, 0) is 26.0 Å². The van der Waals surface area contributed by atoms with Crippen LogP contribution < -0.4 is 5.32 Å². The third-order valence-corrected chi connectivity index (χ3v) is 6.35. The van der Waals surface area contributed by atoms with E-state index in [1.54, 1.807) is 41.8 Å². The molecule has 0 bridgehead atoms. The zero-order chi connectivity index (χ0) is 16.6. The first kappa shape index (κ1) is 18.9. The summed E-state index contributed by atoms with van der Waals surface area (Å²) < 4.78 is 32.5. The summed E-state index contributed by atoms with van der Waals surface area (Å²) >= 11 is 0. The third kappa shape index (κ3) is 3.49. The summed E-state index contributed by atoms with van der Waals surface area (Å²) in [5.41, 5.74) is 1.54. The summed E-state index contributed by atoms with van der Waals surface area (Å²) in [7, 11) is -3.49. The third-order valence-electron chi connectivity index (χ3n) is 4.35. The van der Waals surface area contributed by atoms with Crippen LogP contribution in [0.4, 0.5) is 0 Å². The molecule has 1 aromatic heterocycles. The molecule has 3 rings (SSSR count). The van der Waals surface area contributed by atoms with Gasteiger partial charge in [0.05, 0.1) is 4.90 Å². The van der Waals surface area contributed by atoms with Gasteiger partial charge in [-0.25, -0.2) is 13.4 Å². The highest BCUT2D eigenvalue weighted by molar-refractivity contribution is 7.89. The van der Waals surface area contributed by atoms with Crippen LogP contribution in [-0.4, -0.2) is 42.9 Å². The first-order chi connectivity index (χ1) is 10.9. The predicted molar refractivity (Wildman–Crippen MR) is 94.7 cm³/mol. The minimum Gasteiger partial charge on any atom is -0.449 e. The van der Waals surface area contributed by atoms with Crippen LogP contribution in [0.2, 0.25) is 0 Å². The molecule has 2 aromatic rings. The number of rotatable bonds is 3. The fourth-order valence-corrected chi connectivity index (χ4v) is 4.50. The van der Waals surface area contributed by atoms with Gasteiger partial charge in [-0.1, -0.05) is 12.1 Å². The zero-order valence-corrected chi connectivity index (χ0v) is 15.5. The van der Waals surface area contributed by atoms with Gasteiger partial charge < -0.3 is 9.73 Å². The van der Waals surface area contributed by atoms with Crippen molar-refractivity contribution in [3.05, 3.63) is 36.4 Å². The molecule has 1 aromatic carbocycles. The number of aromatic nitrogens is 1. The maximum atomic E-state index is 12.9. The van der Waals surface area contributed by atoms with Crippen LogP contribution in [0.3, 0.4) is 0 Å². The van der Waals surface area contributed by atoms with Gasteiger partial charge in [0.15, 0.2) is 5.89 Å². The number of hydrogen-bond acceptors (Lipinski definition) is 5. The Balaban J connectivity index is 0.00000208. The molecule has 2 heterocycles. The number of aryl methyl sites for hydroxylation is 1. The van der Waals surface area contributed by atoms with Crippen LogP contribution in [0, 0.1) is 6.92 Å². The van der Waals surface area contributed by atoms with Crippen LogP contribution >= 0.6 is 12.4 Å². The van der Waals surface area contributed by atoms with Gasteiger partial charge >= 0.3 is 0 Å². The standard InChI is InChI=1S/C16H21N3O3S.ClH/c1-11-12(2)19(9-8-17-11)23(20,21)15-6-4-14(5-7-15)16-10-22-13(3)18-16;/h4-7,10-12,17H,8-9H2,1-3H3;1H. The van der Waals surface area contributed by atoms with Crippen molar-refractivity contribution in [2.75, 3.05) is 13.1 Å². The van der Waals surface area contributed by atoms with Crippen LogP contribution in [0.5, 0.6) is 0 Å². The van der Waals surface area contributed by atoms with Crippen molar-refractivity contribution in [1.82, 2.24) is 14.6 Å². The van der Waals surface area contributed by atoms with E-state index >= 15 is 0 Å². The van der Waals surface area contributed by atoms with Crippen molar-refractivity contribution >= 4 is 22.4 Å². The highest BCUT2D eigenvalue weighted by Crippen LogP contribution is 2.25. The molecular formula is C16H22ClN3O3S. The lowest BCUT2D eigenvalue weighted by Gasteiger charge is -2.37. The topological polar surface area (TPSA) is 75.4 Å². The molecule has 132 valence electrons. The molecule has 0 saturated carbocycles. The van der Waals surface area contributed by atoms with E-state index in [1.165, 1.54) is 0 Å². The molecule has 0 radical (unpaired) electrons. The quantitative estimate of drug-likeness (QED) is 0.896. The second-order valence-corrected chi connectivity index (χ2v) is 7.77.